The molecule has 0 fully saturated rings. The van der Waals surface area contributed by atoms with E-state index in [1.807, 2.05) is 0 Å². The van der Waals surface area contributed by atoms with E-state index in [9.17, 15) is 0 Å². The van der Waals surface area contributed by atoms with E-state index in [2.05, 4.69) is 64.9 Å². The van der Waals surface area contributed by atoms with Crippen molar-refractivity contribution in [2.24, 2.45) is 23.7 Å². The average molecular weight is 340 g/mol. The molecule has 0 aromatic carbocycles. The fourth-order valence-corrected chi connectivity index (χ4v) is 6.46. The van der Waals surface area contributed by atoms with Gasteiger partial charge in [0.05, 0.1) is 0 Å². The summed E-state index contributed by atoms with van der Waals surface area (Å²) in [6, 6.07) is 0. The summed E-state index contributed by atoms with van der Waals surface area (Å²) in [4.78, 5) is 0. The second-order valence-corrected chi connectivity index (χ2v) is 10.4. The van der Waals surface area contributed by atoms with Gasteiger partial charge in [-0.25, -0.2) is 0 Å². The first-order chi connectivity index (χ1) is 10.2. The minimum atomic E-state index is 0.672. The van der Waals surface area contributed by atoms with Crippen molar-refractivity contribution in [2.45, 2.75) is 68.2 Å². The maximum atomic E-state index is 2.65. The molecule has 4 heteroatoms. The van der Waals surface area contributed by atoms with Crippen molar-refractivity contribution in [1.29, 1.82) is 0 Å². The highest BCUT2D eigenvalue weighted by atomic mass is 31.1. The van der Waals surface area contributed by atoms with Crippen LogP contribution in [-0.2, 0) is 0 Å². The third-order valence-electron chi connectivity index (χ3n) is 4.14. The third kappa shape index (κ3) is 3.70. The molecule has 0 saturated heterocycles. The third-order valence-corrected chi connectivity index (χ3v) is 7.92. The van der Waals surface area contributed by atoms with Gasteiger partial charge in [0, 0.05) is 28.9 Å². The molecule has 2 atom stereocenters. The second kappa shape index (κ2) is 7.23. The number of hydrogen-bond donors (Lipinski definition) is 0. The van der Waals surface area contributed by atoms with Crippen LogP contribution in [0.2, 0.25) is 0 Å². The summed E-state index contributed by atoms with van der Waals surface area (Å²) >= 11 is 0. The molecule has 0 aromatic heterocycles. The van der Waals surface area contributed by atoms with Gasteiger partial charge in [-0.3, -0.25) is 9.56 Å². The molecular formula is C18H34N2P2. The lowest BCUT2D eigenvalue weighted by atomic mass is 10.0. The van der Waals surface area contributed by atoms with E-state index >= 15 is 0 Å². The van der Waals surface area contributed by atoms with Crippen LogP contribution in [0.15, 0.2) is 22.0 Å². The maximum absolute atomic E-state index is 2.65. The first-order valence-corrected chi connectivity index (χ1v) is 10.7. The van der Waals surface area contributed by atoms with Crippen LogP contribution < -0.4 is 0 Å². The Morgan fingerprint density at radius 1 is 0.636 bits per heavy atom. The smallest absolute Gasteiger partial charge is 0.0450 e. The van der Waals surface area contributed by atoms with Crippen LogP contribution in [0.25, 0.3) is 0 Å². The van der Waals surface area contributed by atoms with E-state index in [0.717, 1.165) is 29.3 Å². The van der Waals surface area contributed by atoms with Crippen LogP contribution in [0.4, 0.5) is 0 Å². The summed E-state index contributed by atoms with van der Waals surface area (Å²) in [7, 11) is 1.68. The lowest BCUT2D eigenvalue weighted by molar-refractivity contribution is 0.285. The molecule has 2 unspecified atom stereocenters. The highest BCUT2D eigenvalue weighted by molar-refractivity contribution is 7.46. The lowest BCUT2D eigenvalue weighted by Crippen LogP contribution is -2.22. The number of rotatable bonds is 6. The first-order valence-electron chi connectivity index (χ1n) is 8.81. The van der Waals surface area contributed by atoms with Gasteiger partial charge in [-0.05, 0) is 47.1 Å². The minimum Gasteiger partial charge on any atom is -0.264 e. The van der Waals surface area contributed by atoms with Crippen LogP contribution in [0, 0.1) is 23.7 Å². The highest BCUT2D eigenvalue weighted by Crippen LogP contribution is 2.62. The Hall–Kier alpha value is -0.0600. The van der Waals surface area contributed by atoms with E-state index in [0.29, 0.717) is 11.8 Å². The summed E-state index contributed by atoms with van der Waals surface area (Å²) in [6.07, 6.45) is 2.45. The molecular weight excluding hydrogens is 306 g/mol. The van der Waals surface area contributed by atoms with E-state index < -0.39 is 0 Å². The fourth-order valence-electron chi connectivity index (χ4n) is 3.15. The van der Waals surface area contributed by atoms with Crippen LogP contribution in [0.5, 0.6) is 0 Å². The zero-order chi connectivity index (χ0) is 16.6. The topological polar surface area (TPSA) is 6.48 Å². The van der Waals surface area contributed by atoms with Crippen molar-refractivity contribution in [1.82, 2.24) is 9.56 Å². The molecule has 126 valence electrons. The molecule has 0 bridgehead atoms. The monoisotopic (exact) mass is 340 g/mol. The quantitative estimate of drug-likeness (QED) is 0.506. The molecule has 0 aromatic rings. The van der Waals surface area contributed by atoms with Crippen LogP contribution in [-0.4, -0.2) is 9.56 Å². The Kier molecular flexibility index (Phi) is 6.01. The number of hydrogen-bond acceptors (Lipinski definition) is 2. The van der Waals surface area contributed by atoms with Gasteiger partial charge in [-0.1, -0.05) is 55.4 Å². The van der Waals surface area contributed by atoms with E-state index in [1.54, 1.807) is 22.0 Å². The molecule has 0 spiro atoms. The molecule has 0 saturated carbocycles. The number of hydrazine groups is 1. The van der Waals surface area contributed by atoms with Gasteiger partial charge in [0.1, 0.15) is 0 Å². The Labute approximate surface area is 141 Å². The Morgan fingerprint density at radius 2 is 0.955 bits per heavy atom. The zero-order valence-corrected chi connectivity index (χ0v) is 17.6. The van der Waals surface area contributed by atoms with E-state index in [-0.39, 0.29) is 0 Å². The van der Waals surface area contributed by atoms with Gasteiger partial charge in [0.15, 0.2) is 0 Å². The summed E-state index contributed by atoms with van der Waals surface area (Å²) in [5.41, 5.74) is 3.28. The van der Waals surface area contributed by atoms with Crippen LogP contribution in [0.1, 0.15) is 68.2 Å². The van der Waals surface area contributed by atoms with E-state index in [1.165, 1.54) is 12.8 Å². The lowest BCUT2D eigenvalue weighted by Gasteiger charge is -2.29. The van der Waals surface area contributed by atoms with Crippen molar-refractivity contribution in [2.75, 3.05) is 0 Å². The molecule has 2 heterocycles. The molecule has 2 rings (SSSR count). The fraction of sp³-hybridized carbons (Fsp3) is 0.778. The number of allylic oxidation sites excluding steroid dienone is 4. The largest absolute Gasteiger partial charge is 0.264 e. The Bertz CT molecular complexity index is 431. The van der Waals surface area contributed by atoms with Crippen LogP contribution >= 0.6 is 17.5 Å². The predicted molar refractivity (Wildman–Crippen MR) is 103 cm³/mol. The Morgan fingerprint density at radius 3 is 1.18 bits per heavy atom. The van der Waals surface area contributed by atoms with Crippen molar-refractivity contribution in [3.63, 3.8) is 0 Å². The van der Waals surface area contributed by atoms with Crippen molar-refractivity contribution in [3.05, 3.63) is 22.0 Å². The molecule has 0 radical (unpaired) electrons. The SMILES string of the molecule is CC(C)CC1=C(C(C)C)PN2C(CC(C)C)=C(C(C)C)PN12. The van der Waals surface area contributed by atoms with Gasteiger partial charge in [0.25, 0.3) is 0 Å². The van der Waals surface area contributed by atoms with Gasteiger partial charge >= 0.3 is 0 Å². The molecule has 0 N–H and O–H groups in total. The minimum absolute atomic E-state index is 0.672. The Balaban J connectivity index is 2.32. The zero-order valence-electron chi connectivity index (χ0n) is 15.6. The normalized spacial score (nSPS) is 21.3. The highest BCUT2D eigenvalue weighted by Gasteiger charge is 2.39. The second-order valence-electron chi connectivity index (χ2n) is 8.07. The van der Waals surface area contributed by atoms with Crippen molar-refractivity contribution < 1.29 is 0 Å². The summed E-state index contributed by atoms with van der Waals surface area (Å²) in [5, 5.41) is 3.40. The number of nitrogens with zero attached hydrogens (tertiary/aromatic N) is 2. The molecule has 2 nitrogen and oxygen atoms in total. The van der Waals surface area contributed by atoms with Gasteiger partial charge < -0.3 is 0 Å². The molecule has 0 aliphatic carbocycles. The van der Waals surface area contributed by atoms with Gasteiger partial charge in [0.2, 0.25) is 0 Å². The van der Waals surface area contributed by atoms with Crippen molar-refractivity contribution in [3.8, 4) is 0 Å². The van der Waals surface area contributed by atoms with Gasteiger partial charge in [-0.15, -0.1) is 0 Å². The molecule has 2 aliphatic heterocycles. The van der Waals surface area contributed by atoms with Gasteiger partial charge in [-0.2, -0.15) is 0 Å². The standard InChI is InChI=1S/C18H34N2P2/c1-11(2)9-15-17(13(5)6)21-20-16(10-12(3)4)18(14(7)8)22-19(15)20/h11-14,21-22H,9-10H2,1-8H3. The average Bonchev–Trinajstić information content (AvgIpc) is 2.87. The predicted octanol–water partition coefficient (Wildman–Crippen LogP) is 6.55. The summed E-state index contributed by atoms with van der Waals surface area (Å²) in [6.45, 7) is 18.9. The summed E-state index contributed by atoms with van der Waals surface area (Å²) < 4.78 is 5.31. The van der Waals surface area contributed by atoms with Crippen LogP contribution in [0.3, 0.4) is 0 Å². The van der Waals surface area contributed by atoms with E-state index in [4.69, 9.17) is 0 Å². The summed E-state index contributed by atoms with van der Waals surface area (Å²) in [5.74, 6) is 2.81. The molecule has 22 heavy (non-hydrogen) atoms. The molecule has 0 amide bonds. The molecule has 2 aliphatic rings. The number of fused-ring (bicyclic) bond motifs is 1. The first kappa shape index (κ1) is 18.3. The maximum Gasteiger partial charge on any atom is 0.0450 e. The van der Waals surface area contributed by atoms with Crippen molar-refractivity contribution >= 4 is 17.5 Å².